The molecule has 1 aliphatic rings. The molecule has 2 heterocycles. The van der Waals surface area contributed by atoms with Gasteiger partial charge in [0.15, 0.2) is 5.76 Å². The van der Waals surface area contributed by atoms with E-state index in [1.165, 1.54) is 17.2 Å². The normalized spacial score (nSPS) is 15.7. The molecule has 1 amide bonds. The molecule has 0 aliphatic carbocycles. The van der Waals surface area contributed by atoms with Crippen molar-refractivity contribution in [1.82, 2.24) is 9.21 Å². The maximum atomic E-state index is 12.9. The van der Waals surface area contributed by atoms with Crippen molar-refractivity contribution in [2.24, 2.45) is 0 Å². The summed E-state index contributed by atoms with van der Waals surface area (Å²) in [6.45, 7) is 0.345. The van der Waals surface area contributed by atoms with Gasteiger partial charge in [-0.1, -0.05) is 23.2 Å². The van der Waals surface area contributed by atoms with Crippen LogP contribution in [0.5, 0.6) is 0 Å². The first kappa shape index (κ1) is 19.7. The molecular formula is C16H13Cl2N2O6S-. The molecule has 1 aromatic carbocycles. The standard InChI is InChI=1S/C16H14Cl2N2O6S/c17-11-9-12(18)14(8-10(11)16(22)23)27(24,25)20-5-3-19(4-6-20)15(21)13-2-1-7-26-13/h1-2,7-9H,3-6H2,(H,22,23)/p-1. The van der Waals surface area contributed by atoms with Crippen LogP contribution in [-0.2, 0) is 10.0 Å². The highest BCUT2D eigenvalue weighted by Crippen LogP contribution is 2.31. The SMILES string of the molecule is O=C([O-])c1cc(S(=O)(=O)N2CCN(C(=O)c3ccco3)CC2)c(Cl)cc1Cl. The molecule has 1 fully saturated rings. The lowest BCUT2D eigenvalue weighted by Gasteiger charge is -2.33. The maximum Gasteiger partial charge on any atom is 0.289 e. The fourth-order valence-electron chi connectivity index (χ4n) is 2.71. The summed E-state index contributed by atoms with van der Waals surface area (Å²) in [5.74, 6) is -1.77. The van der Waals surface area contributed by atoms with Crippen molar-refractivity contribution in [2.75, 3.05) is 26.2 Å². The summed E-state index contributed by atoms with van der Waals surface area (Å²) in [5, 5.41) is 10.7. The van der Waals surface area contributed by atoms with E-state index in [0.29, 0.717) is 0 Å². The monoisotopic (exact) mass is 431 g/mol. The molecule has 11 heteroatoms. The van der Waals surface area contributed by atoms with Crippen LogP contribution in [0.2, 0.25) is 10.0 Å². The van der Waals surface area contributed by atoms with Crippen LogP contribution in [0.4, 0.5) is 0 Å². The molecule has 0 saturated carbocycles. The van der Waals surface area contributed by atoms with Crippen molar-refractivity contribution in [2.45, 2.75) is 4.90 Å². The smallest absolute Gasteiger partial charge is 0.289 e. The van der Waals surface area contributed by atoms with Crippen molar-refractivity contribution in [3.8, 4) is 0 Å². The maximum absolute atomic E-state index is 12.9. The largest absolute Gasteiger partial charge is 0.545 e. The third kappa shape index (κ3) is 3.81. The molecule has 27 heavy (non-hydrogen) atoms. The quantitative estimate of drug-likeness (QED) is 0.716. The number of sulfonamides is 1. The molecule has 0 unspecified atom stereocenters. The van der Waals surface area contributed by atoms with Gasteiger partial charge in [-0.25, -0.2) is 8.42 Å². The van der Waals surface area contributed by atoms with E-state index in [2.05, 4.69) is 0 Å². The minimum atomic E-state index is -4.08. The molecule has 8 nitrogen and oxygen atoms in total. The number of hydrogen-bond donors (Lipinski definition) is 0. The summed E-state index contributed by atoms with van der Waals surface area (Å²) in [7, 11) is -4.08. The number of carbonyl (C=O) groups excluding carboxylic acids is 2. The van der Waals surface area contributed by atoms with Crippen LogP contribution in [0.25, 0.3) is 0 Å². The summed E-state index contributed by atoms with van der Waals surface area (Å²) in [6.07, 6.45) is 1.38. The first-order valence-corrected chi connectivity index (χ1v) is 9.94. The molecule has 0 radical (unpaired) electrons. The number of hydrogen-bond acceptors (Lipinski definition) is 6. The lowest BCUT2D eigenvalue weighted by molar-refractivity contribution is -0.255. The molecule has 1 aliphatic heterocycles. The number of carbonyl (C=O) groups is 2. The number of nitrogens with zero attached hydrogens (tertiary/aromatic N) is 2. The Hall–Kier alpha value is -2.07. The Bertz CT molecular complexity index is 983. The van der Waals surface area contributed by atoms with Gasteiger partial charge in [0.2, 0.25) is 10.0 Å². The molecule has 3 rings (SSSR count). The lowest BCUT2D eigenvalue weighted by Crippen LogP contribution is -2.50. The van der Waals surface area contributed by atoms with Crippen LogP contribution in [0.3, 0.4) is 0 Å². The second-order valence-corrected chi connectivity index (χ2v) is 8.44. The fourth-order valence-corrected chi connectivity index (χ4v) is 4.96. The zero-order chi connectivity index (χ0) is 19.8. The first-order valence-electron chi connectivity index (χ1n) is 7.75. The Balaban J connectivity index is 1.80. The summed E-state index contributed by atoms with van der Waals surface area (Å²) in [4.78, 5) is 24.5. The van der Waals surface area contributed by atoms with Crippen LogP contribution < -0.4 is 5.11 Å². The van der Waals surface area contributed by atoms with Gasteiger partial charge in [0, 0.05) is 31.7 Å². The van der Waals surface area contributed by atoms with Crippen LogP contribution in [-0.4, -0.2) is 55.7 Å². The molecule has 1 saturated heterocycles. The predicted molar refractivity (Wildman–Crippen MR) is 94.2 cm³/mol. The van der Waals surface area contributed by atoms with E-state index in [1.54, 1.807) is 6.07 Å². The Kier molecular flexibility index (Phi) is 5.48. The molecule has 1 aromatic heterocycles. The molecule has 144 valence electrons. The minimum absolute atomic E-state index is 0.0222. The predicted octanol–water partition coefficient (Wildman–Crippen LogP) is 1.10. The number of rotatable bonds is 4. The van der Waals surface area contributed by atoms with Gasteiger partial charge in [0.1, 0.15) is 4.90 Å². The van der Waals surface area contributed by atoms with E-state index >= 15 is 0 Å². The van der Waals surface area contributed by atoms with Gasteiger partial charge in [-0.15, -0.1) is 0 Å². The van der Waals surface area contributed by atoms with Gasteiger partial charge in [-0.2, -0.15) is 4.31 Å². The lowest BCUT2D eigenvalue weighted by atomic mass is 10.2. The van der Waals surface area contributed by atoms with Crippen molar-refractivity contribution >= 4 is 45.1 Å². The summed E-state index contributed by atoms with van der Waals surface area (Å²) >= 11 is 11.7. The number of piperazine rings is 1. The average Bonchev–Trinajstić information content (AvgIpc) is 3.15. The van der Waals surface area contributed by atoms with Gasteiger partial charge in [0.25, 0.3) is 5.91 Å². The Morgan fingerprint density at radius 2 is 1.74 bits per heavy atom. The summed E-state index contributed by atoms with van der Waals surface area (Å²) < 4.78 is 31.9. The number of aromatic carboxylic acids is 1. The highest BCUT2D eigenvalue weighted by atomic mass is 35.5. The van der Waals surface area contributed by atoms with Gasteiger partial charge in [-0.3, -0.25) is 4.79 Å². The van der Waals surface area contributed by atoms with Crippen LogP contribution in [0.1, 0.15) is 20.9 Å². The van der Waals surface area contributed by atoms with E-state index in [0.717, 1.165) is 16.4 Å². The summed E-state index contributed by atoms with van der Waals surface area (Å²) in [6, 6.07) is 5.05. The van der Waals surface area contributed by atoms with Gasteiger partial charge >= 0.3 is 0 Å². The Labute approximate surface area is 164 Å². The second-order valence-electron chi connectivity index (χ2n) is 5.72. The van der Waals surface area contributed by atoms with E-state index in [1.807, 2.05) is 0 Å². The zero-order valence-electron chi connectivity index (χ0n) is 13.7. The fraction of sp³-hybridized carbons (Fsp3) is 0.250. The van der Waals surface area contributed by atoms with E-state index in [-0.39, 0.29) is 52.8 Å². The van der Waals surface area contributed by atoms with Gasteiger partial charge in [0.05, 0.1) is 22.3 Å². The molecule has 0 N–H and O–H groups in total. The van der Waals surface area contributed by atoms with Crippen molar-refractivity contribution < 1.29 is 27.5 Å². The number of carboxylic acid groups (broad SMARTS) is 1. The van der Waals surface area contributed by atoms with Crippen molar-refractivity contribution in [3.63, 3.8) is 0 Å². The minimum Gasteiger partial charge on any atom is -0.545 e. The number of halogens is 2. The highest BCUT2D eigenvalue weighted by molar-refractivity contribution is 7.89. The number of amides is 1. The molecule has 0 atom stereocenters. The first-order chi connectivity index (χ1) is 12.7. The zero-order valence-corrected chi connectivity index (χ0v) is 16.1. The van der Waals surface area contributed by atoms with Crippen LogP contribution >= 0.6 is 23.2 Å². The highest BCUT2D eigenvalue weighted by Gasteiger charge is 2.32. The van der Waals surface area contributed by atoms with E-state index in [4.69, 9.17) is 27.6 Å². The van der Waals surface area contributed by atoms with Crippen LogP contribution in [0, 0.1) is 0 Å². The van der Waals surface area contributed by atoms with Crippen molar-refractivity contribution in [1.29, 1.82) is 0 Å². The van der Waals surface area contributed by atoms with Crippen molar-refractivity contribution in [3.05, 3.63) is 51.9 Å². The molecule has 0 spiro atoms. The van der Waals surface area contributed by atoms with Gasteiger partial charge in [-0.05, 0) is 24.3 Å². The number of carboxylic acids is 1. The summed E-state index contributed by atoms with van der Waals surface area (Å²) in [5.41, 5.74) is -0.466. The number of furan rings is 1. The third-order valence-electron chi connectivity index (χ3n) is 4.12. The number of benzene rings is 1. The topological polar surface area (TPSA) is 111 Å². The van der Waals surface area contributed by atoms with Gasteiger partial charge < -0.3 is 19.2 Å². The van der Waals surface area contributed by atoms with E-state index in [9.17, 15) is 23.1 Å². The third-order valence-corrected chi connectivity index (χ3v) is 6.79. The van der Waals surface area contributed by atoms with E-state index < -0.39 is 21.6 Å². The Morgan fingerprint density at radius 3 is 2.30 bits per heavy atom. The second kappa shape index (κ2) is 7.51. The van der Waals surface area contributed by atoms with Crippen LogP contribution in [0.15, 0.2) is 39.8 Å². The molecule has 0 bridgehead atoms. The average molecular weight is 432 g/mol. The molecular weight excluding hydrogens is 419 g/mol. The molecule has 2 aromatic rings. The Morgan fingerprint density at radius 1 is 1.07 bits per heavy atom.